The molecule has 1 fully saturated rings. The fourth-order valence-corrected chi connectivity index (χ4v) is 1.22. The average Bonchev–Trinajstić information content (AvgIpc) is 2.43. The lowest BCUT2D eigenvalue weighted by atomic mass is 10.5. The Morgan fingerprint density at radius 1 is 1.67 bits per heavy atom. The molecule has 0 spiro atoms. The molecule has 0 saturated carbocycles. The largest absolute Gasteiger partial charge is 0.324 e. The highest BCUT2D eigenvalue weighted by Gasteiger charge is 2.25. The van der Waals surface area contributed by atoms with Crippen LogP contribution in [0, 0.1) is 0 Å². The SMILES string of the molecule is C=CN1CCN(CCNC)C1=O. The molecule has 0 aromatic rings. The molecule has 1 N–H and O–H groups in total. The zero-order valence-electron chi connectivity index (χ0n) is 7.42. The second-order valence-corrected chi connectivity index (χ2v) is 2.75. The van der Waals surface area contributed by atoms with Crippen LogP contribution < -0.4 is 5.32 Å². The minimum atomic E-state index is 0.0697. The van der Waals surface area contributed by atoms with Gasteiger partial charge < -0.3 is 10.2 Å². The summed E-state index contributed by atoms with van der Waals surface area (Å²) in [6.45, 7) is 6.77. The van der Waals surface area contributed by atoms with Gasteiger partial charge in [-0.15, -0.1) is 0 Å². The Hall–Kier alpha value is -1.03. The van der Waals surface area contributed by atoms with Crippen LogP contribution in [0.4, 0.5) is 4.79 Å². The van der Waals surface area contributed by atoms with Gasteiger partial charge in [0.25, 0.3) is 0 Å². The Bertz CT molecular complexity index is 181. The first-order valence-electron chi connectivity index (χ1n) is 4.12. The fourth-order valence-electron chi connectivity index (χ4n) is 1.22. The standard InChI is InChI=1S/C8H15N3O/c1-3-10-6-7-11(8(10)12)5-4-9-2/h3,9H,1,4-7H2,2H3. The number of amides is 2. The number of carbonyl (C=O) groups excluding carboxylic acids is 1. The van der Waals surface area contributed by atoms with Crippen molar-refractivity contribution in [3.8, 4) is 0 Å². The zero-order valence-corrected chi connectivity index (χ0v) is 7.42. The minimum absolute atomic E-state index is 0.0697. The van der Waals surface area contributed by atoms with E-state index in [2.05, 4.69) is 11.9 Å². The summed E-state index contributed by atoms with van der Waals surface area (Å²) < 4.78 is 0. The molecule has 2 amide bonds. The predicted molar refractivity (Wildman–Crippen MR) is 47.8 cm³/mol. The highest BCUT2D eigenvalue weighted by molar-refractivity contribution is 5.77. The molecule has 12 heavy (non-hydrogen) atoms. The lowest BCUT2D eigenvalue weighted by molar-refractivity contribution is 0.202. The van der Waals surface area contributed by atoms with Gasteiger partial charge in [-0.3, -0.25) is 4.90 Å². The average molecular weight is 169 g/mol. The van der Waals surface area contributed by atoms with Gasteiger partial charge in [0.1, 0.15) is 0 Å². The summed E-state index contributed by atoms with van der Waals surface area (Å²) in [5.41, 5.74) is 0. The van der Waals surface area contributed by atoms with Crippen molar-refractivity contribution in [2.75, 3.05) is 33.2 Å². The molecule has 4 heteroatoms. The Morgan fingerprint density at radius 3 is 2.92 bits per heavy atom. The minimum Gasteiger partial charge on any atom is -0.321 e. The molecule has 4 nitrogen and oxygen atoms in total. The van der Waals surface area contributed by atoms with Crippen LogP contribution in [-0.4, -0.2) is 49.1 Å². The van der Waals surface area contributed by atoms with Gasteiger partial charge in [0.05, 0.1) is 0 Å². The van der Waals surface area contributed by atoms with Gasteiger partial charge >= 0.3 is 6.03 Å². The van der Waals surface area contributed by atoms with E-state index in [0.29, 0.717) is 0 Å². The molecule has 0 atom stereocenters. The van der Waals surface area contributed by atoms with Gasteiger partial charge in [-0.2, -0.15) is 0 Å². The molecule has 0 aromatic carbocycles. The van der Waals surface area contributed by atoms with Crippen molar-refractivity contribution < 1.29 is 4.79 Å². The van der Waals surface area contributed by atoms with Crippen molar-refractivity contribution in [2.45, 2.75) is 0 Å². The smallest absolute Gasteiger partial charge is 0.321 e. The molecule has 0 aliphatic carbocycles. The van der Waals surface area contributed by atoms with Crippen LogP contribution in [0.15, 0.2) is 12.8 Å². The summed E-state index contributed by atoms with van der Waals surface area (Å²) in [4.78, 5) is 14.8. The van der Waals surface area contributed by atoms with E-state index >= 15 is 0 Å². The number of urea groups is 1. The van der Waals surface area contributed by atoms with Crippen LogP contribution in [0.5, 0.6) is 0 Å². The molecule has 0 aromatic heterocycles. The van der Waals surface area contributed by atoms with Crippen molar-refractivity contribution in [1.29, 1.82) is 0 Å². The maximum atomic E-state index is 11.4. The van der Waals surface area contributed by atoms with Crippen molar-refractivity contribution in [2.24, 2.45) is 0 Å². The molecule has 1 aliphatic heterocycles. The first-order chi connectivity index (χ1) is 5.79. The second kappa shape index (κ2) is 4.11. The molecular weight excluding hydrogens is 154 g/mol. The highest BCUT2D eigenvalue weighted by atomic mass is 16.2. The lowest BCUT2D eigenvalue weighted by Crippen LogP contribution is -2.33. The number of likely N-dealkylation sites (N-methyl/N-ethyl adjacent to an activating group) is 1. The third-order valence-electron chi connectivity index (χ3n) is 1.98. The van der Waals surface area contributed by atoms with Crippen LogP contribution in [-0.2, 0) is 0 Å². The van der Waals surface area contributed by atoms with Gasteiger partial charge in [-0.25, -0.2) is 4.79 Å². The fraction of sp³-hybridized carbons (Fsp3) is 0.625. The van der Waals surface area contributed by atoms with Crippen molar-refractivity contribution in [3.05, 3.63) is 12.8 Å². The maximum Gasteiger partial charge on any atom is 0.324 e. The molecule has 0 unspecified atom stereocenters. The van der Waals surface area contributed by atoms with Gasteiger partial charge in [0, 0.05) is 32.4 Å². The summed E-state index contributed by atoms with van der Waals surface area (Å²) >= 11 is 0. The number of hydrogen-bond acceptors (Lipinski definition) is 2. The van der Waals surface area contributed by atoms with Crippen LogP contribution in [0.25, 0.3) is 0 Å². The number of nitrogens with zero attached hydrogens (tertiary/aromatic N) is 2. The first kappa shape index (κ1) is 9.06. The monoisotopic (exact) mass is 169 g/mol. The molecule has 1 aliphatic rings. The molecule has 68 valence electrons. The van der Waals surface area contributed by atoms with E-state index in [1.54, 1.807) is 11.1 Å². The quantitative estimate of drug-likeness (QED) is 0.647. The Balaban J connectivity index is 2.38. The molecule has 1 saturated heterocycles. The topological polar surface area (TPSA) is 35.6 Å². The zero-order chi connectivity index (χ0) is 8.97. The number of rotatable bonds is 4. The van der Waals surface area contributed by atoms with Crippen LogP contribution in [0.1, 0.15) is 0 Å². The van der Waals surface area contributed by atoms with Crippen molar-refractivity contribution in [1.82, 2.24) is 15.1 Å². The molecular formula is C8H15N3O. The van der Waals surface area contributed by atoms with Crippen LogP contribution in [0.3, 0.4) is 0 Å². The summed E-state index contributed by atoms with van der Waals surface area (Å²) in [5, 5.41) is 3.01. The van der Waals surface area contributed by atoms with E-state index in [1.165, 1.54) is 0 Å². The number of carbonyl (C=O) groups is 1. The predicted octanol–water partition coefficient (Wildman–Crippen LogP) is 0.0869. The van der Waals surface area contributed by atoms with Gasteiger partial charge in [0.2, 0.25) is 0 Å². The third kappa shape index (κ3) is 1.76. The summed E-state index contributed by atoms with van der Waals surface area (Å²) in [6, 6.07) is 0.0697. The molecule has 1 heterocycles. The molecule has 0 radical (unpaired) electrons. The first-order valence-corrected chi connectivity index (χ1v) is 4.12. The van der Waals surface area contributed by atoms with Crippen molar-refractivity contribution in [3.63, 3.8) is 0 Å². The molecule has 1 rings (SSSR count). The summed E-state index contributed by atoms with van der Waals surface area (Å²) in [7, 11) is 1.88. The number of nitrogens with one attached hydrogen (secondary N) is 1. The van der Waals surface area contributed by atoms with Crippen LogP contribution >= 0.6 is 0 Å². The van der Waals surface area contributed by atoms with E-state index in [4.69, 9.17) is 0 Å². The van der Waals surface area contributed by atoms with Gasteiger partial charge in [0.15, 0.2) is 0 Å². The normalized spacial score (nSPS) is 17.2. The van der Waals surface area contributed by atoms with E-state index in [-0.39, 0.29) is 6.03 Å². The van der Waals surface area contributed by atoms with E-state index in [0.717, 1.165) is 26.2 Å². The van der Waals surface area contributed by atoms with Gasteiger partial charge in [-0.05, 0) is 7.05 Å². The Labute approximate surface area is 72.8 Å². The Kier molecular flexibility index (Phi) is 3.10. The number of hydrogen-bond donors (Lipinski definition) is 1. The summed E-state index contributed by atoms with van der Waals surface area (Å²) in [5.74, 6) is 0. The molecule has 0 bridgehead atoms. The van der Waals surface area contributed by atoms with E-state index < -0.39 is 0 Å². The summed E-state index contributed by atoms with van der Waals surface area (Å²) in [6.07, 6.45) is 1.59. The maximum absolute atomic E-state index is 11.4. The van der Waals surface area contributed by atoms with Crippen molar-refractivity contribution >= 4 is 6.03 Å². The van der Waals surface area contributed by atoms with E-state index in [1.807, 2.05) is 11.9 Å². The second-order valence-electron chi connectivity index (χ2n) is 2.75. The van der Waals surface area contributed by atoms with Gasteiger partial charge in [-0.1, -0.05) is 6.58 Å². The highest BCUT2D eigenvalue weighted by Crippen LogP contribution is 2.06. The van der Waals surface area contributed by atoms with Crippen LogP contribution in [0.2, 0.25) is 0 Å². The Morgan fingerprint density at radius 2 is 2.42 bits per heavy atom. The lowest BCUT2D eigenvalue weighted by Gasteiger charge is -2.15. The van der Waals surface area contributed by atoms with E-state index in [9.17, 15) is 4.79 Å². The third-order valence-corrected chi connectivity index (χ3v) is 1.98.